The number of methoxy groups -OCH3 is 1. The molecule has 134 valence electrons. The van der Waals surface area contributed by atoms with Crippen molar-refractivity contribution in [2.45, 2.75) is 12.6 Å². The molecule has 25 heavy (non-hydrogen) atoms. The molecule has 2 aromatic rings. The Kier molecular flexibility index (Phi) is 6.13. The first-order chi connectivity index (χ1) is 11.9. The summed E-state index contributed by atoms with van der Waals surface area (Å²) in [5, 5.41) is 5.12. The molecule has 0 aliphatic heterocycles. The number of benzene rings is 1. The van der Waals surface area contributed by atoms with Crippen LogP contribution in [-0.4, -0.2) is 48.3 Å². The van der Waals surface area contributed by atoms with Crippen LogP contribution in [0.2, 0.25) is 0 Å². The Morgan fingerprint density at radius 3 is 2.64 bits per heavy atom. The molecule has 1 unspecified atom stereocenters. The van der Waals surface area contributed by atoms with Crippen molar-refractivity contribution in [3.63, 3.8) is 0 Å². The third kappa shape index (κ3) is 4.80. The van der Waals surface area contributed by atoms with Gasteiger partial charge in [0.1, 0.15) is 12.3 Å². The summed E-state index contributed by atoms with van der Waals surface area (Å²) in [4.78, 5) is 37.0. The third-order valence-corrected chi connectivity index (χ3v) is 3.80. The van der Waals surface area contributed by atoms with Gasteiger partial charge in [-0.15, -0.1) is 0 Å². The maximum Gasteiger partial charge on any atom is 0.265 e. The van der Waals surface area contributed by atoms with E-state index in [-0.39, 0.29) is 18.5 Å². The summed E-state index contributed by atoms with van der Waals surface area (Å²) >= 11 is 0. The zero-order valence-corrected chi connectivity index (χ0v) is 14.5. The van der Waals surface area contributed by atoms with Gasteiger partial charge in [-0.05, 0) is 20.2 Å². The fourth-order valence-corrected chi connectivity index (χ4v) is 2.50. The average molecular weight is 346 g/mol. The molecule has 1 aromatic carbocycles. The minimum Gasteiger partial charge on any atom is -0.496 e. The van der Waals surface area contributed by atoms with Gasteiger partial charge < -0.3 is 15.0 Å². The summed E-state index contributed by atoms with van der Waals surface area (Å²) in [7, 11) is 5.41. The Balaban J connectivity index is 2.08. The van der Waals surface area contributed by atoms with E-state index < -0.39 is 11.1 Å². The van der Waals surface area contributed by atoms with Crippen LogP contribution in [0, 0.1) is 0 Å². The molecular formula is C17H22N4O4. The van der Waals surface area contributed by atoms with Gasteiger partial charge in [-0.1, -0.05) is 18.2 Å². The van der Waals surface area contributed by atoms with Crippen LogP contribution in [0.3, 0.4) is 0 Å². The van der Waals surface area contributed by atoms with Crippen molar-refractivity contribution < 1.29 is 9.53 Å². The molecule has 2 rings (SSSR count). The van der Waals surface area contributed by atoms with E-state index in [2.05, 4.69) is 10.4 Å². The highest BCUT2D eigenvalue weighted by Crippen LogP contribution is 2.27. The van der Waals surface area contributed by atoms with Crippen molar-refractivity contribution in [3.8, 4) is 5.75 Å². The lowest BCUT2D eigenvalue weighted by Gasteiger charge is -2.26. The maximum atomic E-state index is 12.1. The fraction of sp³-hybridized carbons (Fsp3) is 0.353. The largest absolute Gasteiger partial charge is 0.496 e. The van der Waals surface area contributed by atoms with E-state index in [0.29, 0.717) is 6.54 Å². The van der Waals surface area contributed by atoms with Gasteiger partial charge in [0.2, 0.25) is 5.91 Å². The SMILES string of the molecule is COc1ccccc1C(CNC(=O)Cn1[nH]c(=O)ccc1=O)N(C)C. The van der Waals surface area contributed by atoms with Crippen molar-refractivity contribution in [1.29, 1.82) is 0 Å². The van der Waals surface area contributed by atoms with E-state index in [4.69, 9.17) is 4.74 Å². The Bertz CT molecular complexity index is 841. The molecule has 0 bridgehead atoms. The summed E-state index contributed by atoms with van der Waals surface area (Å²) in [5.74, 6) is 0.366. The van der Waals surface area contributed by atoms with Gasteiger partial charge in [0.15, 0.2) is 0 Å². The quantitative estimate of drug-likeness (QED) is 0.734. The van der Waals surface area contributed by atoms with Crippen LogP contribution in [0.25, 0.3) is 0 Å². The van der Waals surface area contributed by atoms with E-state index in [1.54, 1.807) is 7.11 Å². The molecular weight excluding hydrogens is 324 g/mol. The number of nitrogens with one attached hydrogen (secondary N) is 2. The lowest BCUT2D eigenvalue weighted by Crippen LogP contribution is -2.39. The normalized spacial score (nSPS) is 12.0. The van der Waals surface area contributed by atoms with Crippen molar-refractivity contribution in [2.24, 2.45) is 0 Å². The first kappa shape index (κ1) is 18.5. The number of H-pyrrole nitrogens is 1. The smallest absolute Gasteiger partial charge is 0.265 e. The number of hydrogen-bond acceptors (Lipinski definition) is 5. The molecule has 8 heteroatoms. The van der Waals surface area contributed by atoms with E-state index in [9.17, 15) is 14.4 Å². The molecule has 1 amide bonds. The van der Waals surface area contributed by atoms with Gasteiger partial charge in [-0.2, -0.15) is 0 Å². The number of carbonyl (C=O) groups excluding carboxylic acids is 1. The van der Waals surface area contributed by atoms with Gasteiger partial charge in [-0.3, -0.25) is 19.5 Å². The number of amides is 1. The number of carbonyl (C=O) groups is 1. The number of hydrogen-bond donors (Lipinski definition) is 2. The predicted octanol–water partition coefficient (Wildman–Crippen LogP) is -0.0357. The Hall–Kier alpha value is -2.87. The second-order valence-corrected chi connectivity index (χ2v) is 5.76. The van der Waals surface area contributed by atoms with Crippen molar-refractivity contribution >= 4 is 5.91 Å². The van der Waals surface area contributed by atoms with Crippen LogP contribution in [0.1, 0.15) is 11.6 Å². The van der Waals surface area contributed by atoms with E-state index in [1.807, 2.05) is 43.3 Å². The molecule has 0 aliphatic rings. The highest BCUT2D eigenvalue weighted by atomic mass is 16.5. The molecule has 8 nitrogen and oxygen atoms in total. The summed E-state index contributed by atoms with van der Waals surface area (Å²) in [6, 6.07) is 9.74. The number of para-hydroxylation sites is 1. The van der Waals surface area contributed by atoms with E-state index in [0.717, 1.165) is 28.1 Å². The molecule has 0 saturated carbocycles. The monoisotopic (exact) mass is 346 g/mol. The molecule has 1 aromatic heterocycles. The Labute approximate surface area is 145 Å². The summed E-state index contributed by atoms with van der Waals surface area (Å²) < 4.78 is 6.36. The highest BCUT2D eigenvalue weighted by molar-refractivity contribution is 5.75. The van der Waals surface area contributed by atoms with Crippen LogP contribution in [0.5, 0.6) is 5.75 Å². The van der Waals surface area contributed by atoms with Gasteiger partial charge in [0.25, 0.3) is 11.1 Å². The topological polar surface area (TPSA) is 96.4 Å². The second kappa shape index (κ2) is 8.29. The Morgan fingerprint density at radius 2 is 1.96 bits per heavy atom. The lowest BCUT2D eigenvalue weighted by molar-refractivity contribution is -0.122. The number of aromatic amines is 1. The Morgan fingerprint density at radius 1 is 1.24 bits per heavy atom. The maximum absolute atomic E-state index is 12.1. The summed E-state index contributed by atoms with van der Waals surface area (Å²) in [6.07, 6.45) is 0. The van der Waals surface area contributed by atoms with Gasteiger partial charge in [-0.25, -0.2) is 4.68 Å². The third-order valence-electron chi connectivity index (χ3n) is 3.80. The van der Waals surface area contributed by atoms with Crippen LogP contribution in [-0.2, 0) is 11.3 Å². The van der Waals surface area contributed by atoms with Crippen molar-refractivity contribution in [3.05, 3.63) is 62.7 Å². The van der Waals surface area contributed by atoms with Gasteiger partial charge >= 0.3 is 0 Å². The van der Waals surface area contributed by atoms with Gasteiger partial charge in [0.05, 0.1) is 13.2 Å². The van der Waals surface area contributed by atoms with Gasteiger partial charge in [0, 0.05) is 24.2 Å². The van der Waals surface area contributed by atoms with Crippen molar-refractivity contribution in [2.75, 3.05) is 27.7 Å². The number of likely N-dealkylation sites (N-methyl/N-ethyl adjacent to an activating group) is 1. The molecule has 0 spiro atoms. The minimum absolute atomic E-state index is 0.105. The van der Waals surface area contributed by atoms with Crippen LogP contribution in [0.4, 0.5) is 0 Å². The molecule has 2 N–H and O–H groups in total. The zero-order valence-electron chi connectivity index (χ0n) is 14.5. The van der Waals surface area contributed by atoms with Crippen LogP contribution in [0.15, 0.2) is 46.0 Å². The molecule has 0 aliphatic carbocycles. The minimum atomic E-state index is -0.441. The second-order valence-electron chi connectivity index (χ2n) is 5.76. The molecule has 1 heterocycles. The predicted molar refractivity (Wildman–Crippen MR) is 93.8 cm³/mol. The summed E-state index contributed by atoms with van der Waals surface area (Å²) in [6.45, 7) is 0.0824. The summed E-state index contributed by atoms with van der Waals surface area (Å²) in [5.41, 5.74) is 0.0665. The van der Waals surface area contributed by atoms with E-state index in [1.165, 1.54) is 0 Å². The van der Waals surface area contributed by atoms with Crippen molar-refractivity contribution in [1.82, 2.24) is 20.0 Å². The fourth-order valence-electron chi connectivity index (χ4n) is 2.50. The average Bonchev–Trinajstić information content (AvgIpc) is 2.58. The van der Waals surface area contributed by atoms with Crippen LogP contribution >= 0.6 is 0 Å². The highest BCUT2D eigenvalue weighted by Gasteiger charge is 2.19. The number of rotatable bonds is 7. The number of ether oxygens (including phenoxy) is 1. The zero-order chi connectivity index (χ0) is 18.4. The number of nitrogens with zero attached hydrogens (tertiary/aromatic N) is 2. The van der Waals surface area contributed by atoms with Crippen LogP contribution < -0.4 is 21.2 Å². The molecule has 0 saturated heterocycles. The lowest BCUT2D eigenvalue weighted by atomic mass is 10.0. The number of aromatic nitrogens is 2. The first-order valence-electron chi connectivity index (χ1n) is 7.78. The van der Waals surface area contributed by atoms with E-state index >= 15 is 0 Å². The first-order valence-corrected chi connectivity index (χ1v) is 7.78. The molecule has 0 radical (unpaired) electrons. The molecule has 0 fully saturated rings. The standard InChI is InChI=1S/C17H22N4O4/c1-20(2)13(12-6-4-5-7-14(12)25-3)10-18-16(23)11-21-17(24)9-8-15(22)19-21/h4-9,13H,10-11H2,1-3H3,(H,18,23)(H,19,22). The molecule has 1 atom stereocenters.